The lowest BCUT2D eigenvalue weighted by Crippen LogP contribution is -2.27. The summed E-state index contributed by atoms with van der Waals surface area (Å²) >= 11 is 1.28. The van der Waals surface area contributed by atoms with Crippen LogP contribution in [0.5, 0.6) is 0 Å². The summed E-state index contributed by atoms with van der Waals surface area (Å²) in [6.07, 6.45) is 12.4. The van der Waals surface area contributed by atoms with Crippen LogP contribution in [0.3, 0.4) is 0 Å². The van der Waals surface area contributed by atoms with E-state index in [1.54, 1.807) is 12.4 Å². The van der Waals surface area contributed by atoms with E-state index in [-0.39, 0.29) is 17.1 Å². The predicted molar refractivity (Wildman–Crippen MR) is 134 cm³/mol. The van der Waals surface area contributed by atoms with Crippen LogP contribution in [-0.4, -0.2) is 27.3 Å². The van der Waals surface area contributed by atoms with E-state index in [0.717, 1.165) is 46.3 Å². The summed E-state index contributed by atoms with van der Waals surface area (Å²) in [5.74, 6) is -0.0856. The van der Waals surface area contributed by atoms with Crippen LogP contribution < -0.4 is 16.2 Å². The van der Waals surface area contributed by atoms with Gasteiger partial charge in [0.05, 0.1) is 5.69 Å². The average molecular weight is 447 g/mol. The fourth-order valence-corrected chi connectivity index (χ4v) is 4.23. The molecule has 0 saturated heterocycles. The molecule has 6 N–H and O–H groups in total. The minimum Gasteiger partial charge on any atom is -0.404 e. The quantitative estimate of drug-likeness (QED) is 0.253. The average Bonchev–Trinajstić information content (AvgIpc) is 3.29. The molecular weight excluding hydrogens is 420 g/mol. The standard InChI is InChI=1S/C24H26N6OS/c1-15-5-6-20(30-24(31)17-3-2-4-21(10-17)32-26)11-22(15)28-14-19(12-25)18-9-16-7-8-27-23(16)29-13-18/h2,4-9,11-14,17,21H,3,10,25-26H2,1H3,(H,27,29)(H,30,31). The molecule has 8 heteroatoms. The van der Waals surface area contributed by atoms with Crippen LogP contribution in [0.2, 0.25) is 0 Å². The van der Waals surface area contributed by atoms with Gasteiger partial charge in [-0.15, -0.1) is 0 Å². The van der Waals surface area contributed by atoms with Gasteiger partial charge >= 0.3 is 0 Å². The van der Waals surface area contributed by atoms with Crippen molar-refractivity contribution in [2.45, 2.75) is 25.0 Å². The van der Waals surface area contributed by atoms with E-state index in [1.165, 1.54) is 18.1 Å². The summed E-state index contributed by atoms with van der Waals surface area (Å²) in [7, 11) is 0. The number of H-pyrrole nitrogens is 1. The molecule has 2 atom stereocenters. The monoisotopic (exact) mass is 446 g/mol. The summed E-state index contributed by atoms with van der Waals surface area (Å²) in [6, 6.07) is 9.69. The number of carbonyl (C=O) groups is 1. The van der Waals surface area contributed by atoms with Crippen molar-refractivity contribution in [1.29, 1.82) is 0 Å². The highest BCUT2D eigenvalue weighted by Gasteiger charge is 2.24. The van der Waals surface area contributed by atoms with Crippen molar-refractivity contribution in [3.8, 4) is 0 Å². The lowest BCUT2D eigenvalue weighted by molar-refractivity contribution is -0.120. The molecule has 1 aliphatic carbocycles. The molecule has 164 valence electrons. The van der Waals surface area contributed by atoms with E-state index in [2.05, 4.69) is 26.4 Å². The molecule has 0 saturated carbocycles. The van der Waals surface area contributed by atoms with Crippen molar-refractivity contribution in [1.82, 2.24) is 9.97 Å². The first-order valence-corrected chi connectivity index (χ1v) is 11.3. The van der Waals surface area contributed by atoms with Gasteiger partial charge in [0.15, 0.2) is 0 Å². The normalized spacial score (nSPS) is 19.0. The van der Waals surface area contributed by atoms with Crippen molar-refractivity contribution in [2.24, 2.45) is 21.8 Å². The highest BCUT2D eigenvalue weighted by atomic mass is 32.2. The van der Waals surface area contributed by atoms with E-state index in [4.69, 9.17) is 10.9 Å². The molecule has 2 heterocycles. The van der Waals surface area contributed by atoms with Crippen molar-refractivity contribution in [3.63, 3.8) is 0 Å². The molecule has 0 spiro atoms. The molecule has 0 radical (unpaired) electrons. The number of aromatic nitrogens is 2. The molecule has 2 unspecified atom stereocenters. The first-order chi connectivity index (χ1) is 15.6. The maximum atomic E-state index is 12.7. The maximum Gasteiger partial charge on any atom is 0.227 e. The Morgan fingerprint density at radius 1 is 1.34 bits per heavy atom. The molecule has 1 aliphatic rings. The van der Waals surface area contributed by atoms with Crippen LogP contribution >= 0.6 is 11.9 Å². The molecular formula is C24H26N6OS. The van der Waals surface area contributed by atoms with Crippen LogP contribution in [0.4, 0.5) is 11.4 Å². The number of aliphatic imine (C=N–C) groups is 1. The fraction of sp³-hybridized carbons (Fsp3) is 0.208. The summed E-state index contributed by atoms with van der Waals surface area (Å²) < 4.78 is 0. The number of aryl methyl sites for hydroxylation is 1. The van der Waals surface area contributed by atoms with Gasteiger partial charge in [0, 0.05) is 58.2 Å². The van der Waals surface area contributed by atoms with Gasteiger partial charge < -0.3 is 16.0 Å². The van der Waals surface area contributed by atoms with Crippen LogP contribution in [0.15, 0.2) is 66.1 Å². The zero-order valence-corrected chi connectivity index (χ0v) is 18.6. The second-order valence-corrected chi connectivity index (χ2v) is 8.66. The lowest BCUT2D eigenvalue weighted by atomic mass is 9.93. The number of pyridine rings is 1. The molecule has 1 amide bonds. The Balaban J connectivity index is 1.50. The van der Waals surface area contributed by atoms with Gasteiger partial charge in [0.1, 0.15) is 5.65 Å². The van der Waals surface area contributed by atoms with E-state index in [9.17, 15) is 4.79 Å². The number of benzene rings is 1. The van der Waals surface area contributed by atoms with E-state index in [0.29, 0.717) is 5.69 Å². The third-order valence-corrected chi connectivity index (χ3v) is 6.27. The fourth-order valence-electron chi connectivity index (χ4n) is 3.69. The van der Waals surface area contributed by atoms with Crippen molar-refractivity contribution in [2.75, 3.05) is 5.32 Å². The Labute approximate surface area is 191 Å². The van der Waals surface area contributed by atoms with Gasteiger partial charge in [-0.25, -0.2) is 4.98 Å². The number of hydrogen-bond acceptors (Lipinski definition) is 6. The Kier molecular flexibility index (Phi) is 6.72. The third-order valence-electron chi connectivity index (χ3n) is 5.57. The first kappa shape index (κ1) is 21.9. The van der Waals surface area contributed by atoms with E-state index >= 15 is 0 Å². The van der Waals surface area contributed by atoms with Gasteiger partial charge in [0.2, 0.25) is 5.91 Å². The van der Waals surface area contributed by atoms with Gasteiger partial charge in [0.25, 0.3) is 0 Å². The Morgan fingerprint density at radius 2 is 2.22 bits per heavy atom. The van der Waals surface area contributed by atoms with Crippen LogP contribution in [-0.2, 0) is 4.79 Å². The first-order valence-electron chi connectivity index (χ1n) is 10.4. The topological polar surface area (TPSA) is 122 Å². The van der Waals surface area contributed by atoms with Crippen LogP contribution in [0.1, 0.15) is 24.0 Å². The molecule has 2 aromatic heterocycles. The zero-order valence-electron chi connectivity index (χ0n) is 17.8. The summed E-state index contributed by atoms with van der Waals surface area (Å²) in [6.45, 7) is 1.98. The number of fused-ring (bicyclic) bond motifs is 1. The van der Waals surface area contributed by atoms with E-state index in [1.807, 2.05) is 49.5 Å². The number of nitrogens with zero attached hydrogens (tertiary/aromatic N) is 2. The summed E-state index contributed by atoms with van der Waals surface area (Å²) in [4.78, 5) is 24.9. The molecule has 4 rings (SSSR count). The molecule has 0 aliphatic heterocycles. The number of rotatable bonds is 6. The maximum absolute atomic E-state index is 12.7. The largest absolute Gasteiger partial charge is 0.404 e. The minimum atomic E-state index is -0.0862. The number of carbonyl (C=O) groups excluding carboxylic acids is 1. The second-order valence-electron chi connectivity index (χ2n) is 7.78. The Morgan fingerprint density at radius 3 is 3.03 bits per heavy atom. The number of anilines is 1. The van der Waals surface area contributed by atoms with Crippen LogP contribution in [0, 0.1) is 12.8 Å². The molecule has 0 bridgehead atoms. The summed E-state index contributed by atoms with van der Waals surface area (Å²) in [5, 5.41) is 9.89. The van der Waals surface area contributed by atoms with Crippen molar-refractivity contribution in [3.05, 3.63) is 72.2 Å². The van der Waals surface area contributed by atoms with Crippen molar-refractivity contribution >= 4 is 52.1 Å². The van der Waals surface area contributed by atoms with Gasteiger partial charge in [-0.1, -0.05) is 30.2 Å². The number of aromatic amines is 1. The number of amides is 1. The Bertz CT molecular complexity index is 1210. The Hall–Kier alpha value is -3.36. The molecule has 7 nitrogen and oxygen atoms in total. The van der Waals surface area contributed by atoms with Gasteiger partial charge in [-0.2, -0.15) is 0 Å². The predicted octanol–water partition coefficient (Wildman–Crippen LogP) is 4.45. The second kappa shape index (κ2) is 9.84. The highest BCUT2D eigenvalue weighted by Crippen LogP contribution is 2.28. The number of allylic oxidation sites excluding steroid dienone is 2. The number of hydrogen-bond donors (Lipinski definition) is 4. The van der Waals surface area contributed by atoms with Gasteiger partial charge in [-0.3, -0.25) is 14.9 Å². The summed E-state index contributed by atoms with van der Waals surface area (Å²) in [5.41, 5.74) is 10.8. The molecule has 0 fully saturated rings. The molecule has 1 aromatic carbocycles. The van der Waals surface area contributed by atoms with E-state index < -0.39 is 0 Å². The highest BCUT2D eigenvalue weighted by molar-refractivity contribution is 7.97. The van der Waals surface area contributed by atoms with Crippen LogP contribution in [0.25, 0.3) is 16.6 Å². The third kappa shape index (κ3) is 4.92. The minimum absolute atomic E-state index is 0.000560. The lowest BCUT2D eigenvalue weighted by Gasteiger charge is -2.22. The zero-order chi connectivity index (χ0) is 22.5. The molecule has 32 heavy (non-hydrogen) atoms. The number of nitrogens with two attached hydrogens (primary N) is 2. The SMILES string of the molecule is Cc1ccc(NC(=O)C2CC=CC(SN)C2)cc1N=CC(=CN)c1cnc2[nH]ccc2c1. The number of nitrogens with one attached hydrogen (secondary N) is 2. The van der Waals surface area contributed by atoms with Crippen molar-refractivity contribution < 1.29 is 4.79 Å². The molecule has 3 aromatic rings. The smallest absolute Gasteiger partial charge is 0.227 e. The van der Waals surface area contributed by atoms with Gasteiger partial charge in [-0.05, 0) is 49.6 Å².